The second-order valence-corrected chi connectivity index (χ2v) is 7.59. The van der Waals surface area contributed by atoms with Gasteiger partial charge in [0.05, 0.1) is 23.2 Å². The summed E-state index contributed by atoms with van der Waals surface area (Å²) in [5, 5.41) is 52.5. The van der Waals surface area contributed by atoms with E-state index in [0.717, 1.165) is 12.1 Å². The van der Waals surface area contributed by atoms with Crippen LogP contribution >= 0.6 is 0 Å². The SMILES string of the molecule is COc1c(O)cc2c(c1O)[C@@H]1O[C@H](COC(=O)c3cccc([N+](=O)[O-])c3)[C@@H](O)[C@H](O)[C@H]1OC2=O. The summed E-state index contributed by atoms with van der Waals surface area (Å²) in [4.78, 5) is 35.0. The zero-order valence-electron chi connectivity index (χ0n) is 17.5. The fraction of sp³-hybridized carbons (Fsp3) is 0.333. The highest BCUT2D eigenvalue weighted by atomic mass is 16.6. The second kappa shape index (κ2) is 8.78. The quantitative estimate of drug-likeness (QED) is 0.266. The molecule has 2 aromatic rings. The number of carbonyl (C=O) groups is 2. The summed E-state index contributed by atoms with van der Waals surface area (Å²) in [5.41, 5.74) is -0.826. The van der Waals surface area contributed by atoms with Crippen molar-refractivity contribution in [2.45, 2.75) is 30.5 Å². The number of aliphatic hydroxyl groups is 2. The van der Waals surface area contributed by atoms with Crippen molar-refractivity contribution in [2.24, 2.45) is 0 Å². The number of methoxy groups -OCH3 is 1. The molecule has 4 N–H and O–H groups in total. The monoisotopic (exact) mass is 477 g/mol. The van der Waals surface area contributed by atoms with Crippen molar-refractivity contribution >= 4 is 17.6 Å². The van der Waals surface area contributed by atoms with Gasteiger partial charge in [-0.2, -0.15) is 0 Å². The van der Waals surface area contributed by atoms with E-state index in [1.807, 2.05) is 0 Å². The summed E-state index contributed by atoms with van der Waals surface area (Å²) in [7, 11) is 1.18. The zero-order chi connectivity index (χ0) is 24.7. The summed E-state index contributed by atoms with van der Waals surface area (Å²) in [5.74, 6) is -3.42. The first kappa shape index (κ1) is 23.2. The van der Waals surface area contributed by atoms with E-state index in [1.165, 1.54) is 25.3 Å². The highest BCUT2D eigenvalue weighted by molar-refractivity contribution is 5.95. The molecule has 0 radical (unpaired) electrons. The van der Waals surface area contributed by atoms with E-state index in [1.54, 1.807) is 0 Å². The van der Waals surface area contributed by atoms with Gasteiger partial charge in [-0.3, -0.25) is 10.1 Å². The molecule has 34 heavy (non-hydrogen) atoms. The molecule has 0 amide bonds. The minimum atomic E-state index is -1.68. The van der Waals surface area contributed by atoms with Gasteiger partial charge in [-0.25, -0.2) is 9.59 Å². The number of aliphatic hydroxyl groups excluding tert-OH is 2. The van der Waals surface area contributed by atoms with Crippen LogP contribution in [0.4, 0.5) is 5.69 Å². The van der Waals surface area contributed by atoms with Gasteiger partial charge in [0.1, 0.15) is 31.0 Å². The molecule has 1 saturated heterocycles. The van der Waals surface area contributed by atoms with Crippen molar-refractivity contribution < 1.29 is 53.9 Å². The van der Waals surface area contributed by atoms with E-state index < -0.39 is 65.5 Å². The molecule has 0 spiro atoms. The number of nitro groups is 1. The Hall–Kier alpha value is -3.94. The van der Waals surface area contributed by atoms with Gasteiger partial charge < -0.3 is 39.4 Å². The lowest BCUT2D eigenvalue weighted by molar-refractivity contribution is -0.384. The maximum atomic E-state index is 12.4. The molecule has 2 aliphatic heterocycles. The van der Waals surface area contributed by atoms with Crippen LogP contribution in [0, 0.1) is 10.1 Å². The number of ether oxygens (including phenoxy) is 4. The minimum Gasteiger partial charge on any atom is -0.504 e. The third-order valence-electron chi connectivity index (χ3n) is 5.58. The van der Waals surface area contributed by atoms with Crippen molar-refractivity contribution in [2.75, 3.05) is 13.7 Å². The lowest BCUT2D eigenvalue weighted by atomic mass is 9.86. The number of benzene rings is 2. The molecular formula is C21H19NO12. The van der Waals surface area contributed by atoms with Gasteiger partial charge in [-0.05, 0) is 12.1 Å². The van der Waals surface area contributed by atoms with Gasteiger partial charge in [-0.15, -0.1) is 0 Å². The van der Waals surface area contributed by atoms with E-state index >= 15 is 0 Å². The number of phenolic OH excluding ortho intramolecular Hbond substituents is 2. The second-order valence-electron chi connectivity index (χ2n) is 7.59. The molecule has 2 aliphatic rings. The molecule has 1 fully saturated rings. The van der Waals surface area contributed by atoms with Crippen LogP contribution in [0.2, 0.25) is 0 Å². The van der Waals surface area contributed by atoms with Crippen LogP contribution in [0.5, 0.6) is 17.2 Å². The van der Waals surface area contributed by atoms with Crippen LogP contribution in [0.25, 0.3) is 0 Å². The zero-order valence-corrected chi connectivity index (χ0v) is 17.5. The number of aromatic hydroxyl groups is 2. The topological polar surface area (TPSA) is 195 Å². The van der Waals surface area contributed by atoms with E-state index in [-0.39, 0.29) is 28.1 Å². The molecule has 0 aliphatic carbocycles. The maximum absolute atomic E-state index is 12.4. The van der Waals surface area contributed by atoms with Crippen molar-refractivity contribution in [1.29, 1.82) is 0 Å². The highest BCUT2D eigenvalue weighted by Crippen LogP contribution is 2.49. The van der Waals surface area contributed by atoms with E-state index in [2.05, 4.69) is 0 Å². The number of nitrogens with zero attached hydrogens (tertiary/aromatic N) is 1. The van der Waals surface area contributed by atoms with Gasteiger partial charge >= 0.3 is 11.9 Å². The number of non-ortho nitro benzene ring substituents is 1. The third kappa shape index (κ3) is 3.85. The molecule has 0 aromatic heterocycles. The Labute approximate surface area is 190 Å². The smallest absolute Gasteiger partial charge is 0.339 e. The molecule has 13 nitrogen and oxygen atoms in total. The molecule has 0 unspecified atom stereocenters. The number of esters is 2. The Morgan fingerprint density at radius 3 is 2.62 bits per heavy atom. The lowest BCUT2D eigenvalue weighted by Crippen LogP contribution is -2.58. The van der Waals surface area contributed by atoms with Crippen molar-refractivity contribution in [3.05, 3.63) is 57.1 Å². The molecule has 2 aromatic carbocycles. The van der Waals surface area contributed by atoms with Gasteiger partial charge in [-0.1, -0.05) is 6.07 Å². The third-order valence-corrected chi connectivity index (χ3v) is 5.58. The number of rotatable bonds is 5. The molecule has 4 rings (SSSR count). The number of hydrogen-bond acceptors (Lipinski definition) is 12. The Morgan fingerprint density at radius 1 is 1.21 bits per heavy atom. The van der Waals surface area contributed by atoms with Gasteiger partial charge in [0.15, 0.2) is 17.6 Å². The average molecular weight is 477 g/mol. The maximum Gasteiger partial charge on any atom is 0.339 e. The van der Waals surface area contributed by atoms with Gasteiger partial charge in [0.25, 0.3) is 5.69 Å². The normalized spacial score (nSPS) is 25.5. The fourth-order valence-corrected chi connectivity index (χ4v) is 3.93. The molecular weight excluding hydrogens is 458 g/mol. The standard InChI is InChI=1S/C21H19NO12/c1-31-17-11(23)6-10-13(15(17)25)18-19(34-21(10)28)16(26)14(24)12(33-18)7-32-20(27)8-3-2-4-9(5-8)22(29)30/h2-6,12,14,16,18-19,23-26H,7H2,1H3/t12-,14-,16+,18+,19-/m1/s1. The molecule has 5 atom stereocenters. The highest BCUT2D eigenvalue weighted by Gasteiger charge is 2.52. The summed E-state index contributed by atoms with van der Waals surface area (Å²) in [6.45, 7) is -0.581. The van der Waals surface area contributed by atoms with E-state index in [4.69, 9.17) is 18.9 Å². The summed E-state index contributed by atoms with van der Waals surface area (Å²) in [6, 6.07) is 5.81. The van der Waals surface area contributed by atoms with Crippen molar-refractivity contribution in [1.82, 2.24) is 0 Å². The van der Waals surface area contributed by atoms with Crippen LogP contribution in [-0.4, -0.2) is 75.4 Å². The predicted molar refractivity (Wildman–Crippen MR) is 109 cm³/mol. The van der Waals surface area contributed by atoms with Crippen LogP contribution in [0.15, 0.2) is 30.3 Å². The van der Waals surface area contributed by atoms with Crippen LogP contribution < -0.4 is 4.74 Å². The van der Waals surface area contributed by atoms with Crippen LogP contribution in [0.1, 0.15) is 32.4 Å². The molecule has 0 bridgehead atoms. The fourth-order valence-electron chi connectivity index (χ4n) is 3.93. The summed E-state index contributed by atoms with van der Waals surface area (Å²) < 4.78 is 21.0. The number of carbonyl (C=O) groups excluding carboxylic acids is 2. The minimum absolute atomic E-state index is 0.118. The van der Waals surface area contributed by atoms with Crippen LogP contribution in [0.3, 0.4) is 0 Å². The predicted octanol–water partition coefficient (Wildman–Crippen LogP) is 0.572. The van der Waals surface area contributed by atoms with Crippen molar-refractivity contribution in [3.8, 4) is 17.2 Å². The summed E-state index contributed by atoms with van der Waals surface area (Å²) >= 11 is 0. The van der Waals surface area contributed by atoms with E-state index in [9.17, 15) is 40.1 Å². The number of phenols is 2. The Kier molecular flexibility index (Phi) is 6.00. The van der Waals surface area contributed by atoms with Crippen LogP contribution in [-0.2, 0) is 14.2 Å². The number of fused-ring (bicyclic) bond motifs is 3. The molecule has 180 valence electrons. The number of nitro benzene ring substituents is 1. The average Bonchev–Trinajstić information content (AvgIpc) is 2.81. The Morgan fingerprint density at radius 2 is 1.94 bits per heavy atom. The first-order valence-corrected chi connectivity index (χ1v) is 9.91. The molecule has 0 saturated carbocycles. The summed E-state index contributed by atoms with van der Waals surface area (Å²) in [6.07, 6.45) is -7.39. The molecule has 13 heteroatoms. The largest absolute Gasteiger partial charge is 0.504 e. The van der Waals surface area contributed by atoms with Gasteiger partial charge in [0, 0.05) is 17.7 Å². The van der Waals surface area contributed by atoms with Crippen molar-refractivity contribution in [3.63, 3.8) is 0 Å². The Balaban J connectivity index is 1.59. The number of hydrogen-bond donors (Lipinski definition) is 4. The molecule has 2 heterocycles. The first-order valence-electron chi connectivity index (χ1n) is 9.91. The lowest BCUT2D eigenvalue weighted by Gasteiger charge is -2.44. The van der Waals surface area contributed by atoms with Gasteiger partial charge in [0.2, 0.25) is 5.75 Å². The Bertz CT molecular complexity index is 1160. The first-order chi connectivity index (χ1) is 16.1. The van der Waals surface area contributed by atoms with E-state index in [0.29, 0.717) is 0 Å².